The fourth-order valence-electron chi connectivity index (χ4n) is 2.24. The number of aliphatic hydroxyl groups excluding tert-OH is 1. The first-order chi connectivity index (χ1) is 6.74. The largest absolute Gasteiger partial charge is 0.398 e. The predicted octanol–water partition coefficient (Wildman–Crippen LogP) is 0.750. The van der Waals surface area contributed by atoms with E-state index in [-0.39, 0.29) is 12.6 Å². The summed E-state index contributed by atoms with van der Waals surface area (Å²) in [5.74, 6) is 0. The lowest BCUT2D eigenvalue weighted by molar-refractivity contribution is 0.268. The van der Waals surface area contributed by atoms with Crippen molar-refractivity contribution >= 4 is 5.69 Å². The molecule has 76 valence electrons. The topological polar surface area (TPSA) is 72.3 Å². The minimum atomic E-state index is -0.331. The molecule has 0 spiro atoms. The second kappa shape index (κ2) is 3.59. The van der Waals surface area contributed by atoms with Crippen LogP contribution in [0.2, 0.25) is 0 Å². The van der Waals surface area contributed by atoms with E-state index in [9.17, 15) is 0 Å². The molecular weight excluding hydrogens is 176 g/mol. The van der Waals surface area contributed by atoms with Crippen LogP contribution in [0.4, 0.5) is 5.69 Å². The van der Waals surface area contributed by atoms with Gasteiger partial charge >= 0.3 is 0 Å². The lowest BCUT2D eigenvalue weighted by atomic mass is 9.96. The van der Waals surface area contributed by atoms with Gasteiger partial charge in [-0.05, 0) is 42.0 Å². The Morgan fingerprint density at radius 3 is 2.86 bits per heavy atom. The molecular formula is C11H16N2O. The Balaban J connectivity index is 2.51. The summed E-state index contributed by atoms with van der Waals surface area (Å²) < 4.78 is 0. The number of anilines is 1. The zero-order valence-electron chi connectivity index (χ0n) is 8.16. The van der Waals surface area contributed by atoms with E-state index in [1.807, 2.05) is 6.07 Å². The summed E-state index contributed by atoms with van der Waals surface area (Å²) in [7, 11) is 0. The van der Waals surface area contributed by atoms with Gasteiger partial charge in [0.25, 0.3) is 0 Å². The van der Waals surface area contributed by atoms with Crippen molar-refractivity contribution in [3.05, 3.63) is 28.8 Å². The van der Waals surface area contributed by atoms with E-state index in [2.05, 4.69) is 6.07 Å². The number of fused-ring (bicyclic) bond motifs is 1. The van der Waals surface area contributed by atoms with Crippen LogP contribution in [-0.4, -0.2) is 11.7 Å². The van der Waals surface area contributed by atoms with Crippen molar-refractivity contribution in [2.45, 2.75) is 25.3 Å². The second-order valence-electron chi connectivity index (χ2n) is 3.85. The SMILES string of the molecule is Nc1ccc2c(c1C(N)CO)CCC2. The maximum absolute atomic E-state index is 9.06. The van der Waals surface area contributed by atoms with Gasteiger partial charge in [-0.1, -0.05) is 6.07 Å². The molecule has 0 heterocycles. The zero-order chi connectivity index (χ0) is 10.1. The van der Waals surface area contributed by atoms with Crippen molar-refractivity contribution in [3.63, 3.8) is 0 Å². The highest BCUT2D eigenvalue weighted by atomic mass is 16.3. The molecule has 0 amide bonds. The average Bonchev–Trinajstić information content (AvgIpc) is 2.64. The van der Waals surface area contributed by atoms with Crippen LogP contribution >= 0.6 is 0 Å². The highest BCUT2D eigenvalue weighted by molar-refractivity contribution is 5.56. The molecule has 0 fully saturated rings. The Bertz CT molecular complexity index is 349. The molecule has 1 aromatic rings. The van der Waals surface area contributed by atoms with Crippen LogP contribution in [-0.2, 0) is 12.8 Å². The summed E-state index contributed by atoms with van der Waals surface area (Å²) >= 11 is 0. The molecule has 0 saturated carbocycles. The molecule has 1 atom stereocenters. The van der Waals surface area contributed by atoms with Gasteiger partial charge in [0, 0.05) is 5.69 Å². The predicted molar refractivity (Wildman–Crippen MR) is 56.9 cm³/mol. The average molecular weight is 192 g/mol. The van der Waals surface area contributed by atoms with Crippen molar-refractivity contribution in [3.8, 4) is 0 Å². The molecule has 1 aromatic carbocycles. The fourth-order valence-corrected chi connectivity index (χ4v) is 2.24. The Labute approximate surface area is 83.7 Å². The monoisotopic (exact) mass is 192 g/mol. The molecule has 3 nitrogen and oxygen atoms in total. The summed E-state index contributed by atoms with van der Waals surface area (Å²) in [6.45, 7) is -0.0410. The number of benzene rings is 1. The van der Waals surface area contributed by atoms with Gasteiger partial charge in [-0.15, -0.1) is 0 Å². The van der Waals surface area contributed by atoms with Gasteiger partial charge in [0.1, 0.15) is 0 Å². The van der Waals surface area contributed by atoms with Crippen LogP contribution in [0.5, 0.6) is 0 Å². The second-order valence-corrected chi connectivity index (χ2v) is 3.85. The molecule has 1 unspecified atom stereocenters. The van der Waals surface area contributed by atoms with E-state index in [1.165, 1.54) is 17.5 Å². The molecule has 0 radical (unpaired) electrons. The molecule has 14 heavy (non-hydrogen) atoms. The standard InChI is InChI=1S/C11H16N2O/c12-9-5-4-7-2-1-3-8(7)11(9)10(13)6-14/h4-5,10,14H,1-3,6,12-13H2. The smallest absolute Gasteiger partial charge is 0.0625 e. The van der Waals surface area contributed by atoms with Gasteiger partial charge in [-0.25, -0.2) is 0 Å². The van der Waals surface area contributed by atoms with E-state index < -0.39 is 0 Å². The van der Waals surface area contributed by atoms with Crippen LogP contribution in [0.3, 0.4) is 0 Å². The minimum Gasteiger partial charge on any atom is -0.398 e. The number of aliphatic hydroxyl groups is 1. The lowest BCUT2D eigenvalue weighted by Crippen LogP contribution is -2.18. The summed E-state index contributed by atoms with van der Waals surface area (Å²) in [6, 6.07) is 3.64. The van der Waals surface area contributed by atoms with Crippen molar-refractivity contribution in [2.75, 3.05) is 12.3 Å². The van der Waals surface area contributed by atoms with Crippen molar-refractivity contribution in [2.24, 2.45) is 5.73 Å². The third kappa shape index (κ3) is 1.38. The first-order valence-corrected chi connectivity index (χ1v) is 5.00. The van der Waals surface area contributed by atoms with E-state index in [0.29, 0.717) is 5.69 Å². The number of rotatable bonds is 2. The van der Waals surface area contributed by atoms with Gasteiger partial charge in [0.15, 0.2) is 0 Å². The van der Waals surface area contributed by atoms with Crippen LogP contribution in [0.1, 0.15) is 29.2 Å². The van der Waals surface area contributed by atoms with E-state index in [1.54, 1.807) is 0 Å². The quantitative estimate of drug-likeness (QED) is 0.605. The van der Waals surface area contributed by atoms with Crippen LogP contribution < -0.4 is 11.5 Å². The maximum atomic E-state index is 9.06. The van der Waals surface area contributed by atoms with Gasteiger partial charge in [0.2, 0.25) is 0 Å². The van der Waals surface area contributed by atoms with Gasteiger partial charge in [0.05, 0.1) is 12.6 Å². The molecule has 2 rings (SSSR count). The molecule has 1 aliphatic rings. The highest BCUT2D eigenvalue weighted by Gasteiger charge is 2.20. The molecule has 5 N–H and O–H groups in total. The van der Waals surface area contributed by atoms with Gasteiger partial charge in [-0.2, -0.15) is 0 Å². The molecule has 0 aromatic heterocycles. The third-order valence-corrected chi connectivity index (χ3v) is 2.93. The van der Waals surface area contributed by atoms with Crippen LogP contribution in [0, 0.1) is 0 Å². The first kappa shape index (κ1) is 9.49. The van der Waals surface area contributed by atoms with E-state index >= 15 is 0 Å². The normalized spacial score (nSPS) is 16.7. The molecule has 0 saturated heterocycles. The van der Waals surface area contributed by atoms with E-state index in [4.69, 9.17) is 16.6 Å². The number of hydrogen-bond donors (Lipinski definition) is 3. The van der Waals surface area contributed by atoms with Crippen molar-refractivity contribution in [1.82, 2.24) is 0 Å². The fraction of sp³-hybridized carbons (Fsp3) is 0.455. The Hall–Kier alpha value is -1.06. The number of hydrogen-bond acceptors (Lipinski definition) is 3. The summed E-state index contributed by atoms with van der Waals surface area (Å²) in [4.78, 5) is 0. The molecule has 0 aliphatic heterocycles. The zero-order valence-corrected chi connectivity index (χ0v) is 8.16. The van der Waals surface area contributed by atoms with E-state index in [0.717, 1.165) is 18.4 Å². The molecule has 1 aliphatic carbocycles. The Kier molecular flexibility index (Phi) is 2.44. The highest BCUT2D eigenvalue weighted by Crippen LogP contribution is 2.32. The van der Waals surface area contributed by atoms with Crippen LogP contribution in [0.15, 0.2) is 12.1 Å². The van der Waals surface area contributed by atoms with Crippen LogP contribution in [0.25, 0.3) is 0 Å². The van der Waals surface area contributed by atoms with Crippen molar-refractivity contribution in [1.29, 1.82) is 0 Å². The Morgan fingerprint density at radius 2 is 2.14 bits per heavy atom. The lowest BCUT2D eigenvalue weighted by Gasteiger charge is -2.16. The van der Waals surface area contributed by atoms with Crippen molar-refractivity contribution < 1.29 is 5.11 Å². The third-order valence-electron chi connectivity index (χ3n) is 2.93. The summed E-state index contributed by atoms with van der Waals surface area (Å²) in [6.07, 6.45) is 3.33. The summed E-state index contributed by atoms with van der Waals surface area (Å²) in [5, 5.41) is 9.06. The number of nitrogen functional groups attached to an aromatic ring is 1. The minimum absolute atomic E-state index is 0.0410. The number of nitrogens with two attached hydrogens (primary N) is 2. The Morgan fingerprint density at radius 1 is 1.36 bits per heavy atom. The maximum Gasteiger partial charge on any atom is 0.0625 e. The molecule has 3 heteroatoms. The van der Waals surface area contributed by atoms with Gasteiger partial charge in [-0.3, -0.25) is 0 Å². The first-order valence-electron chi connectivity index (χ1n) is 5.00. The number of aryl methyl sites for hydroxylation is 1. The van der Waals surface area contributed by atoms with Gasteiger partial charge < -0.3 is 16.6 Å². The summed E-state index contributed by atoms with van der Waals surface area (Å²) in [5.41, 5.74) is 16.0. The molecule has 0 bridgehead atoms.